The van der Waals surface area contributed by atoms with Crippen LogP contribution in [0.25, 0.3) is 66.8 Å². The molecule has 1 heterocycles. The number of hydrogen-bond donors (Lipinski definition) is 0. The maximum atomic E-state index is 13.0. The highest BCUT2D eigenvalue weighted by molar-refractivity contribution is 6.15. The Hall–Kier alpha value is -5.73. The highest BCUT2D eigenvalue weighted by Crippen LogP contribution is 2.55. The molecule has 0 N–H and O–H groups in total. The van der Waals surface area contributed by atoms with Crippen molar-refractivity contribution in [2.45, 2.75) is 6.92 Å². The first-order valence-corrected chi connectivity index (χ1v) is 14.8. The van der Waals surface area contributed by atoms with Gasteiger partial charge in [-0.15, -0.1) is 0 Å². The zero-order valence-corrected chi connectivity index (χ0v) is 24.4. The standard InChI is InChI=1S/C42H30O2/c1-29-27-35(28-36(43)44-29)42-40(33-23-13-5-14-24-33)38(31-19-9-3-10-20-31)37(30-17-7-2-8-18-30)39(32-21-11-4-12-22-32)41(42)34-25-15-6-16-26-34/h2-28H,1H3. The molecule has 0 fully saturated rings. The van der Waals surface area contributed by atoms with E-state index in [0.717, 1.165) is 66.8 Å². The lowest BCUT2D eigenvalue weighted by Crippen LogP contribution is -2.04. The number of benzene rings is 6. The monoisotopic (exact) mass is 566 g/mol. The predicted molar refractivity (Wildman–Crippen MR) is 182 cm³/mol. The molecule has 7 rings (SSSR count). The smallest absolute Gasteiger partial charge is 0.336 e. The van der Waals surface area contributed by atoms with E-state index in [-0.39, 0.29) is 5.63 Å². The average Bonchev–Trinajstić information content (AvgIpc) is 3.08. The highest BCUT2D eigenvalue weighted by Gasteiger charge is 2.29. The molecule has 44 heavy (non-hydrogen) atoms. The molecule has 0 bridgehead atoms. The molecule has 0 radical (unpaired) electrons. The van der Waals surface area contributed by atoms with Gasteiger partial charge in [-0.25, -0.2) is 4.79 Å². The molecule has 7 aromatic rings. The van der Waals surface area contributed by atoms with Gasteiger partial charge in [0.15, 0.2) is 0 Å². The average molecular weight is 567 g/mol. The fraction of sp³-hybridized carbons (Fsp3) is 0.0238. The number of aryl methyl sites for hydroxylation is 1. The normalized spacial score (nSPS) is 10.9. The van der Waals surface area contributed by atoms with E-state index in [1.165, 1.54) is 0 Å². The molecule has 6 aromatic carbocycles. The van der Waals surface area contributed by atoms with E-state index in [9.17, 15) is 4.79 Å². The van der Waals surface area contributed by atoms with Gasteiger partial charge < -0.3 is 4.42 Å². The quantitative estimate of drug-likeness (QED) is 0.200. The van der Waals surface area contributed by atoms with Gasteiger partial charge in [0.1, 0.15) is 5.76 Å². The van der Waals surface area contributed by atoms with Crippen LogP contribution in [0.15, 0.2) is 173 Å². The lowest BCUT2D eigenvalue weighted by Gasteiger charge is -2.28. The van der Waals surface area contributed by atoms with Crippen molar-refractivity contribution in [1.29, 1.82) is 0 Å². The van der Waals surface area contributed by atoms with E-state index in [1.807, 2.05) is 25.1 Å². The summed E-state index contributed by atoms with van der Waals surface area (Å²) in [6.07, 6.45) is 0. The van der Waals surface area contributed by atoms with Crippen LogP contribution in [0, 0.1) is 6.92 Å². The third kappa shape index (κ3) is 5.08. The minimum absolute atomic E-state index is 0.368. The Kier molecular flexibility index (Phi) is 7.32. The van der Waals surface area contributed by atoms with Gasteiger partial charge >= 0.3 is 5.63 Å². The number of rotatable bonds is 6. The molecule has 0 unspecified atom stereocenters. The molecule has 210 valence electrons. The molecule has 0 amide bonds. The molecular formula is C42H30O2. The second-order valence-electron chi connectivity index (χ2n) is 10.9. The Balaban J connectivity index is 1.83. The van der Waals surface area contributed by atoms with E-state index < -0.39 is 0 Å². The van der Waals surface area contributed by atoms with Gasteiger partial charge in [-0.1, -0.05) is 152 Å². The number of hydrogen-bond acceptors (Lipinski definition) is 2. The molecule has 0 atom stereocenters. The van der Waals surface area contributed by atoms with Crippen LogP contribution in [0.4, 0.5) is 0 Å². The molecule has 2 nitrogen and oxygen atoms in total. The highest BCUT2D eigenvalue weighted by atomic mass is 16.4. The largest absolute Gasteiger partial charge is 0.428 e. The van der Waals surface area contributed by atoms with Crippen molar-refractivity contribution in [3.8, 4) is 66.8 Å². The Morgan fingerprint density at radius 2 is 0.591 bits per heavy atom. The molecule has 0 aliphatic carbocycles. The second-order valence-corrected chi connectivity index (χ2v) is 10.9. The van der Waals surface area contributed by atoms with E-state index in [2.05, 4.69) is 140 Å². The zero-order chi connectivity index (χ0) is 29.9. The van der Waals surface area contributed by atoms with Crippen LogP contribution in [0.1, 0.15) is 5.76 Å². The molecule has 0 spiro atoms. The third-order valence-corrected chi connectivity index (χ3v) is 7.99. The van der Waals surface area contributed by atoms with Crippen molar-refractivity contribution in [2.75, 3.05) is 0 Å². The van der Waals surface area contributed by atoms with Gasteiger partial charge in [-0.2, -0.15) is 0 Å². The second kappa shape index (κ2) is 11.9. The summed E-state index contributed by atoms with van der Waals surface area (Å²) in [5.74, 6) is 0.570. The summed E-state index contributed by atoms with van der Waals surface area (Å²) in [7, 11) is 0. The minimum atomic E-state index is -0.368. The van der Waals surface area contributed by atoms with Gasteiger partial charge in [0.25, 0.3) is 0 Å². The summed E-state index contributed by atoms with van der Waals surface area (Å²) in [5.41, 5.74) is 12.4. The van der Waals surface area contributed by atoms with Crippen molar-refractivity contribution in [3.05, 3.63) is 180 Å². The Bertz CT molecular complexity index is 1990. The minimum Gasteiger partial charge on any atom is -0.428 e. The van der Waals surface area contributed by atoms with Crippen molar-refractivity contribution in [1.82, 2.24) is 0 Å². The van der Waals surface area contributed by atoms with Crippen LogP contribution in [-0.4, -0.2) is 0 Å². The molecule has 0 saturated heterocycles. The van der Waals surface area contributed by atoms with Crippen molar-refractivity contribution in [3.63, 3.8) is 0 Å². The van der Waals surface area contributed by atoms with Crippen LogP contribution in [0.2, 0.25) is 0 Å². The van der Waals surface area contributed by atoms with Gasteiger partial charge in [0.2, 0.25) is 0 Å². The summed E-state index contributed by atoms with van der Waals surface area (Å²) in [6, 6.07) is 56.5. The molecule has 0 aliphatic rings. The van der Waals surface area contributed by atoms with E-state index in [0.29, 0.717) is 5.76 Å². The van der Waals surface area contributed by atoms with Crippen LogP contribution in [0.5, 0.6) is 0 Å². The van der Waals surface area contributed by atoms with Crippen molar-refractivity contribution in [2.24, 2.45) is 0 Å². The predicted octanol–water partition coefficient (Wildman–Crippen LogP) is 11.0. The lowest BCUT2D eigenvalue weighted by atomic mass is 9.74. The first-order valence-electron chi connectivity index (χ1n) is 14.8. The maximum Gasteiger partial charge on any atom is 0.336 e. The first-order chi connectivity index (χ1) is 21.7. The Morgan fingerprint density at radius 1 is 0.341 bits per heavy atom. The SMILES string of the molecule is Cc1cc(-c2c(-c3ccccc3)c(-c3ccccc3)c(-c3ccccc3)c(-c3ccccc3)c2-c2ccccc2)cc(=O)o1. The molecule has 0 aliphatic heterocycles. The summed E-state index contributed by atoms with van der Waals surface area (Å²) < 4.78 is 5.50. The zero-order valence-electron chi connectivity index (χ0n) is 24.4. The fourth-order valence-corrected chi connectivity index (χ4v) is 6.26. The third-order valence-electron chi connectivity index (χ3n) is 7.99. The Morgan fingerprint density at radius 3 is 0.841 bits per heavy atom. The van der Waals surface area contributed by atoms with Crippen LogP contribution >= 0.6 is 0 Å². The van der Waals surface area contributed by atoms with E-state index in [1.54, 1.807) is 6.07 Å². The Labute approximate surface area is 257 Å². The summed E-state index contributed by atoms with van der Waals surface area (Å²) in [6.45, 7) is 1.84. The first kappa shape index (κ1) is 27.1. The van der Waals surface area contributed by atoms with Crippen LogP contribution < -0.4 is 5.63 Å². The summed E-state index contributed by atoms with van der Waals surface area (Å²) in [5, 5.41) is 0. The van der Waals surface area contributed by atoms with Gasteiger partial charge in [-0.3, -0.25) is 0 Å². The lowest BCUT2D eigenvalue weighted by molar-refractivity contribution is 0.481. The van der Waals surface area contributed by atoms with Gasteiger partial charge in [0.05, 0.1) is 0 Å². The van der Waals surface area contributed by atoms with Crippen LogP contribution in [-0.2, 0) is 0 Å². The molecular weight excluding hydrogens is 536 g/mol. The fourth-order valence-electron chi connectivity index (χ4n) is 6.26. The molecule has 0 saturated carbocycles. The van der Waals surface area contributed by atoms with Crippen LogP contribution in [0.3, 0.4) is 0 Å². The maximum absolute atomic E-state index is 13.0. The summed E-state index contributed by atoms with van der Waals surface area (Å²) >= 11 is 0. The van der Waals surface area contributed by atoms with E-state index in [4.69, 9.17) is 4.42 Å². The van der Waals surface area contributed by atoms with Gasteiger partial charge in [-0.05, 0) is 79.8 Å². The molecule has 2 heteroatoms. The van der Waals surface area contributed by atoms with E-state index >= 15 is 0 Å². The summed E-state index contributed by atoms with van der Waals surface area (Å²) in [4.78, 5) is 13.0. The topological polar surface area (TPSA) is 30.2 Å². The van der Waals surface area contributed by atoms with Crippen molar-refractivity contribution >= 4 is 0 Å². The molecule has 1 aromatic heterocycles. The van der Waals surface area contributed by atoms with Gasteiger partial charge in [0, 0.05) is 6.07 Å². The van der Waals surface area contributed by atoms with Crippen molar-refractivity contribution < 1.29 is 4.42 Å².